The molecule has 200 valence electrons. The number of ether oxygens (including phenoxy) is 1. The Morgan fingerprint density at radius 2 is 1.80 bits per heavy atom. The Balaban J connectivity index is 1.39. The lowest BCUT2D eigenvalue weighted by Crippen LogP contribution is -2.51. The third kappa shape index (κ3) is 5.57. The first kappa shape index (κ1) is 27.3. The molecule has 2 nitrogen and oxygen atoms in total. The van der Waals surface area contributed by atoms with Gasteiger partial charge in [0, 0.05) is 12.8 Å². The van der Waals surface area contributed by atoms with Crippen LogP contribution in [0.15, 0.2) is 11.6 Å². The van der Waals surface area contributed by atoms with Gasteiger partial charge in [0.1, 0.15) is 6.10 Å². The lowest BCUT2D eigenvalue weighted by Gasteiger charge is -2.58. The summed E-state index contributed by atoms with van der Waals surface area (Å²) in [7, 11) is 0. The molecule has 0 radical (unpaired) electrons. The zero-order chi connectivity index (χ0) is 25.2. The monoisotopic (exact) mass is 484 g/mol. The molecule has 2 heteroatoms. The Labute approximate surface area is 217 Å². The molecule has 0 aromatic carbocycles. The van der Waals surface area contributed by atoms with Gasteiger partial charge >= 0.3 is 5.97 Å². The second-order valence-corrected chi connectivity index (χ2v) is 14.1. The fourth-order valence-electron chi connectivity index (χ4n) is 9.52. The van der Waals surface area contributed by atoms with Crippen molar-refractivity contribution < 1.29 is 9.53 Å². The largest absolute Gasteiger partial charge is 0.462 e. The molecule has 0 heterocycles. The molecule has 0 amide bonds. The molecule has 3 saturated carbocycles. The van der Waals surface area contributed by atoms with Crippen LogP contribution < -0.4 is 0 Å². The highest BCUT2D eigenvalue weighted by molar-refractivity contribution is 5.69. The van der Waals surface area contributed by atoms with E-state index in [-0.39, 0.29) is 12.1 Å². The van der Waals surface area contributed by atoms with E-state index in [4.69, 9.17) is 4.74 Å². The van der Waals surface area contributed by atoms with E-state index in [1.807, 2.05) is 0 Å². The zero-order valence-electron chi connectivity index (χ0n) is 24.0. The van der Waals surface area contributed by atoms with E-state index in [1.54, 1.807) is 5.57 Å². The van der Waals surface area contributed by atoms with Crippen molar-refractivity contribution in [2.24, 2.45) is 46.3 Å². The van der Waals surface area contributed by atoms with Crippen LogP contribution in [-0.4, -0.2) is 12.1 Å². The number of fused-ring (bicyclic) bond motifs is 5. The third-order valence-electron chi connectivity index (χ3n) is 11.5. The second-order valence-electron chi connectivity index (χ2n) is 14.1. The average Bonchev–Trinajstić information content (AvgIpc) is 3.16. The summed E-state index contributed by atoms with van der Waals surface area (Å²) in [6, 6.07) is 0. The highest BCUT2D eigenvalue weighted by atomic mass is 16.5. The molecule has 0 spiro atoms. The predicted molar refractivity (Wildman–Crippen MR) is 147 cm³/mol. The normalized spacial score (nSPS) is 39.4. The van der Waals surface area contributed by atoms with Gasteiger partial charge in [-0.25, -0.2) is 0 Å². The van der Waals surface area contributed by atoms with Crippen molar-refractivity contribution in [2.45, 2.75) is 144 Å². The van der Waals surface area contributed by atoms with Gasteiger partial charge < -0.3 is 4.74 Å². The van der Waals surface area contributed by atoms with Gasteiger partial charge in [-0.1, -0.05) is 85.3 Å². The smallest absolute Gasteiger partial charge is 0.306 e. The van der Waals surface area contributed by atoms with Gasteiger partial charge in [-0.3, -0.25) is 4.79 Å². The number of hydrogen-bond donors (Lipinski definition) is 0. The molecule has 3 fully saturated rings. The Kier molecular flexibility index (Phi) is 8.80. The molecule has 0 N–H and O–H groups in total. The summed E-state index contributed by atoms with van der Waals surface area (Å²) >= 11 is 0. The fourth-order valence-corrected chi connectivity index (χ4v) is 9.52. The van der Waals surface area contributed by atoms with Crippen molar-refractivity contribution in [3.63, 3.8) is 0 Å². The highest BCUT2D eigenvalue weighted by Crippen LogP contribution is 2.67. The maximum Gasteiger partial charge on any atom is 0.306 e. The maximum atomic E-state index is 12.4. The molecule has 0 aromatic heterocycles. The number of esters is 1. The van der Waals surface area contributed by atoms with Gasteiger partial charge in [0.2, 0.25) is 0 Å². The number of carbonyl (C=O) groups is 1. The van der Waals surface area contributed by atoms with E-state index >= 15 is 0 Å². The molecule has 8 atom stereocenters. The molecule has 4 aliphatic carbocycles. The minimum atomic E-state index is 0.0364. The van der Waals surface area contributed by atoms with E-state index in [9.17, 15) is 4.79 Å². The van der Waals surface area contributed by atoms with E-state index in [2.05, 4.69) is 47.6 Å². The number of allylic oxidation sites excluding steroid dienone is 1. The minimum absolute atomic E-state index is 0.0364. The summed E-state index contributed by atoms with van der Waals surface area (Å²) in [5.41, 5.74) is 2.54. The van der Waals surface area contributed by atoms with E-state index in [1.165, 1.54) is 57.8 Å². The summed E-state index contributed by atoms with van der Waals surface area (Å²) in [6.07, 6.45) is 21.2. The standard InChI is InChI=1S/C33H56O2/c1-7-8-9-13-31(34)35-26-18-20-32(5)25(22-26)14-15-27-29-17-16-28(24(4)12-10-11-23(2)3)33(29,6)21-19-30(27)32/h14,23-24,26-30H,7-13,15-22H2,1-6H3/t24-,26+,27?,28-,29?,30?,32?,33?/m1/s1. The molecule has 4 aliphatic rings. The molecule has 0 aromatic rings. The van der Waals surface area contributed by atoms with Crippen LogP contribution in [0.25, 0.3) is 0 Å². The summed E-state index contributed by atoms with van der Waals surface area (Å²) in [5, 5.41) is 0. The van der Waals surface area contributed by atoms with Crippen LogP contribution in [0.5, 0.6) is 0 Å². The fraction of sp³-hybridized carbons (Fsp3) is 0.909. The van der Waals surface area contributed by atoms with Gasteiger partial charge in [0.05, 0.1) is 0 Å². The quantitative estimate of drug-likeness (QED) is 0.175. The molecule has 35 heavy (non-hydrogen) atoms. The Hall–Kier alpha value is -0.790. The van der Waals surface area contributed by atoms with Crippen LogP contribution in [-0.2, 0) is 9.53 Å². The van der Waals surface area contributed by atoms with Gasteiger partial charge in [-0.05, 0) is 97.7 Å². The van der Waals surface area contributed by atoms with Crippen molar-refractivity contribution >= 4 is 5.97 Å². The number of unbranched alkanes of at least 4 members (excludes halogenated alkanes) is 2. The molecular formula is C33H56O2. The van der Waals surface area contributed by atoms with Gasteiger partial charge in [0.25, 0.3) is 0 Å². The van der Waals surface area contributed by atoms with E-state index in [0.29, 0.717) is 17.3 Å². The Morgan fingerprint density at radius 1 is 1.00 bits per heavy atom. The third-order valence-corrected chi connectivity index (χ3v) is 11.5. The molecule has 5 unspecified atom stereocenters. The summed E-state index contributed by atoms with van der Waals surface area (Å²) in [4.78, 5) is 12.4. The molecule has 0 aliphatic heterocycles. The van der Waals surface area contributed by atoms with Crippen molar-refractivity contribution in [3.8, 4) is 0 Å². The van der Waals surface area contributed by atoms with E-state index in [0.717, 1.165) is 67.6 Å². The summed E-state index contributed by atoms with van der Waals surface area (Å²) in [6.45, 7) is 14.8. The second kappa shape index (κ2) is 11.3. The van der Waals surface area contributed by atoms with Crippen LogP contribution >= 0.6 is 0 Å². The van der Waals surface area contributed by atoms with Crippen LogP contribution in [0.1, 0.15) is 138 Å². The summed E-state index contributed by atoms with van der Waals surface area (Å²) in [5.74, 6) is 5.33. The topological polar surface area (TPSA) is 26.3 Å². The van der Waals surface area contributed by atoms with Crippen LogP contribution in [0.2, 0.25) is 0 Å². The maximum absolute atomic E-state index is 12.4. The Bertz CT molecular complexity index is 752. The lowest BCUT2D eigenvalue weighted by atomic mass is 9.47. The van der Waals surface area contributed by atoms with Crippen molar-refractivity contribution in [2.75, 3.05) is 0 Å². The first-order valence-corrected chi connectivity index (χ1v) is 15.6. The zero-order valence-corrected chi connectivity index (χ0v) is 24.0. The molecule has 4 rings (SSSR count). The predicted octanol–water partition coefficient (Wildman–Crippen LogP) is 9.52. The molecule has 0 saturated heterocycles. The first-order chi connectivity index (χ1) is 16.7. The van der Waals surface area contributed by atoms with Crippen LogP contribution in [0, 0.1) is 46.3 Å². The number of carbonyl (C=O) groups excluding carboxylic acids is 1. The van der Waals surface area contributed by atoms with Crippen molar-refractivity contribution in [3.05, 3.63) is 11.6 Å². The Morgan fingerprint density at radius 3 is 2.54 bits per heavy atom. The number of hydrogen-bond acceptors (Lipinski definition) is 2. The van der Waals surface area contributed by atoms with Crippen LogP contribution in [0.3, 0.4) is 0 Å². The number of rotatable bonds is 10. The van der Waals surface area contributed by atoms with Crippen LogP contribution in [0.4, 0.5) is 0 Å². The van der Waals surface area contributed by atoms with Gasteiger partial charge in [0.15, 0.2) is 0 Å². The van der Waals surface area contributed by atoms with Crippen molar-refractivity contribution in [1.82, 2.24) is 0 Å². The van der Waals surface area contributed by atoms with Gasteiger partial charge in [-0.15, -0.1) is 0 Å². The van der Waals surface area contributed by atoms with Crippen molar-refractivity contribution in [1.29, 1.82) is 0 Å². The first-order valence-electron chi connectivity index (χ1n) is 15.6. The SMILES string of the molecule is CCCCCC(=O)O[C@H]1CCC2(C)C(=CCC3C2CCC2(C)C3CC[C@@H]2[C@H](C)CCCC(C)C)C1. The van der Waals surface area contributed by atoms with Gasteiger partial charge in [-0.2, -0.15) is 0 Å². The average molecular weight is 485 g/mol. The summed E-state index contributed by atoms with van der Waals surface area (Å²) < 4.78 is 5.96. The highest BCUT2D eigenvalue weighted by Gasteiger charge is 2.59. The lowest BCUT2D eigenvalue weighted by molar-refractivity contribution is -0.151. The van der Waals surface area contributed by atoms with E-state index < -0.39 is 0 Å². The minimum Gasteiger partial charge on any atom is -0.462 e. The molecule has 0 bridgehead atoms. The molecular weight excluding hydrogens is 428 g/mol.